The Balaban J connectivity index is -0.000000643. The molecule has 0 aliphatic carbocycles. The van der Waals surface area contributed by atoms with Crippen molar-refractivity contribution in [1.29, 1.82) is 0 Å². The van der Waals surface area contributed by atoms with E-state index in [-0.39, 0.29) is 25.7 Å². The maximum absolute atomic E-state index is 11.3. The van der Waals surface area contributed by atoms with Crippen LogP contribution in [0, 0.1) is 5.41 Å². The third-order valence-corrected chi connectivity index (χ3v) is 3.13. The number of benzene rings is 1. The van der Waals surface area contributed by atoms with Gasteiger partial charge in [-0.3, -0.25) is 20.9 Å². The van der Waals surface area contributed by atoms with Gasteiger partial charge in [0.2, 0.25) is 11.8 Å². The van der Waals surface area contributed by atoms with Gasteiger partial charge < -0.3 is 20.5 Å². The molecule has 0 bridgehead atoms. The van der Waals surface area contributed by atoms with E-state index in [1.807, 2.05) is 46.8 Å². The van der Waals surface area contributed by atoms with Crippen LogP contribution >= 0.6 is 0 Å². The molecule has 186 valence electrons. The third-order valence-electron chi connectivity index (χ3n) is 3.13. The van der Waals surface area contributed by atoms with Gasteiger partial charge in [-0.05, 0) is 30.5 Å². The highest BCUT2D eigenvalue weighted by Crippen LogP contribution is 2.12. The van der Waals surface area contributed by atoms with Crippen LogP contribution in [0.25, 0.3) is 0 Å². The Bertz CT molecular complexity index is 614. The monoisotopic (exact) mass is 454 g/mol. The van der Waals surface area contributed by atoms with Gasteiger partial charge in [-0.15, -0.1) is 0 Å². The van der Waals surface area contributed by atoms with Gasteiger partial charge in [0.25, 0.3) is 0 Å². The summed E-state index contributed by atoms with van der Waals surface area (Å²) in [5.41, 5.74) is 8.48. The van der Waals surface area contributed by atoms with Gasteiger partial charge in [0, 0.05) is 18.7 Å². The Morgan fingerprint density at radius 3 is 2.19 bits per heavy atom. The summed E-state index contributed by atoms with van der Waals surface area (Å²) in [4.78, 5) is 22.3. The highest BCUT2D eigenvalue weighted by Gasteiger charge is 2.06. The fourth-order valence-electron chi connectivity index (χ4n) is 1.77. The van der Waals surface area contributed by atoms with Crippen LogP contribution in [0.5, 0.6) is 5.75 Å². The normalized spacial score (nSPS) is 9.91. The quantitative estimate of drug-likeness (QED) is 0.186. The van der Waals surface area contributed by atoms with Crippen LogP contribution in [0.2, 0.25) is 0 Å². The number of amides is 2. The summed E-state index contributed by atoms with van der Waals surface area (Å²) in [5.74, 6) is 4.92. The summed E-state index contributed by atoms with van der Waals surface area (Å²) in [7, 11) is 0. The molecular formula is C24H46N4O4. The third kappa shape index (κ3) is 23.9. The molecular weight excluding hydrogens is 408 g/mol. The van der Waals surface area contributed by atoms with Crippen molar-refractivity contribution >= 4 is 11.8 Å². The lowest BCUT2D eigenvalue weighted by Gasteiger charge is -2.15. The zero-order valence-corrected chi connectivity index (χ0v) is 21.3. The molecule has 0 aromatic heterocycles. The summed E-state index contributed by atoms with van der Waals surface area (Å²) in [6, 6.07) is 6.58. The molecule has 8 nitrogen and oxygen atoms in total. The van der Waals surface area contributed by atoms with Crippen LogP contribution in [0.4, 0.5) is 0 Å². The smallest absolute Gasteiger partial charge is 0.248 e. The number of nitrogens with one attached hydrogen (secondary N) is 2. The van der Waals surface area contributed by atoms with Crippen LogP contribution in [0.3, 0.4) is 0 Å². The number of rotatable bonds is 10. The minimum Gasteiger partial charge on any atom is -0.491 e. The first-order valence-corrected chi connectivity index (χ1v) is 11.1. The average molecular weight is 455 g/mol. The van der Waals surface area contributed by atoms with Gasteiger partial charge in [0.1, 0.15) is 19.0 Å². The van der Waals surface area contributed by atoms with E-state index >= 15 is 0 Å². The predicted octanol–water partition coefficient (Wildman–Crippen LogP) is 3.42. The van der Waals surface area contributed by atoms with Crippen LogP contribution in [-0.2, 0) is 9.53 Å². The van der Waals surface area contributed by atoms with E-state index in [2.05, 4.69) is 31.5 Å². The number of nitrogens with two attached hydrogens (primary N) is 2. The highest BCUT2D eigenvalue weighted by atomic mass is 16.5. The Labute approximate surface area is 195 Å². The fourth-order valence-corrected chi connectivity index (χ4v) is 1.77. The van der Waals surface area contributed by atoms with E-state index in [4.69, 9.17) is 21.1 Å². The molecule has 6 N–H and O–H groups in total. The van der Waals surface area contributed by atoms with E-state index in [0.717, 1.165) is 6.54 Å². The molecule has 1 aromatic rings. The maximum atomic E-state index is 11.3. The first kappa shape index (κ1) is 34.2. The molecule has 32 heavy (non-hydrogen) atoms. The number of carbonyl (C=O) groups is 2. The van der Waals surface area contributed by atoms with Crippen LogP contribution in [0.1, 0.15) is 65.7 Å². The van der Waals surface area contributed by atoms with E-state index < -0.39 is 5.91 Å². The second-order valence-electron chi connectivity index (χ2n) is 7.11. The van der Waals surface area contributed by atoms with E-state index in [1.54, 1.807) is 24.3 Å². The molecule has 8 heteroatoms. The molecule has 0 fully saturated rings. The van der Waals surface area contributed by atoms with Crippen molar-refractivity contribution in [3.8, 4) is 5.75 Å². The van der Waals surface area contributed by atoms with Gasteiger partial charge in [-0.1, -0.05) is 66.7 Å². The minimum absolute atomic E-state index is 0.0117. The molecule has 0 radical (unpaired) electrons. The standard InChI is InChI=1S/C15H20N2O4.C5H14N2.2C2H6/c1-2-3-7-17-14(18)11-20-8-9-21-13-6-4-5-12(10-13)15(16)19;1-5(2,3)4-7-6;2*1-2/h2-6,10H,7-9,11H2,1H3,(H2,16,19)(H,17,18);7H,4,6H2,1-3H3;2*1-2H3/b3-2+;;;. The average Bonchev–Trinajstić information content (AvgIpc) is 2.76. The SMILES string of the molecule is C/C=C/CNC(=O)COCCOc1cccc(C(N)=O)c1.CC.CC.CC(C)(C)CNN. The number of allylic oxidation sites excluding steroid dienone is 1. The number of hydrogen-bond donors (Lipinski definition) is 4. The van der Waals surface area contributed by atoms with E-state index in [1.165, 1.54) is 0 Å². The van der Waals surface area contributed by atoms with Crippen molar-refractivity contribution in [3.63, 3.8) is 0 Å². The molecule has 0 atom stereocenters. The molecule has 1 aromatic carbocycles. The van der Waals surface area contributed by atoms with Crippen molar-refractivity contribution in [2.75, 3.05) is 32.9 Å². The maximum Gasteiger partial charge on any atom is 0.248 e. The Morgan fingerprint density at radius 1 is 1.09 bits per heavy atom. The summed E-state index contributed by atoms with van der Waals surface area (Å²) in [5, 5.41) is 2.67. The largest absolute Gasteiger partial charge is 0.491 e. The van der Waals surface area contributed by atoms with E-state index in [9.17, 15) is 9.59 Å². The molecule has 0 spiro atoms. The molecule has 1 rings (SSSR count). The number of primary amides is 1. The first-order chi connectivity index (χ1) is 15.2. The lowest BCUT2D eigenvalue weighted by Crippen LogP contribution is -2.31. The Kier molecular flexibility index (Phi) is 24.8. The van der Waals surface area contributed by atoms with Crippen LogP contribution < -0.4 is 27.1 Å². The highest BCUT2D eigenvalue weighted by molar-refractivity contribution is 5.93. The zero-order chi connectivity index (χ0) is 25.4. The molecule has 2 amide bonds. The number of hydrogen-bond acceptors (Lipinski definition) is 6. The molecule has 0 aliphatic rings. The second kappa shape index (κ2) is 23.2. The van der Waals surface area contributed by atoms with Gasteiger partial charge >= 0.3 is 0 Å². The van der Waals surface area contributed by atoms with Crippen molar-refractivity contribution in [1.82, 2.24) is 10.7 Å². The van der Waals surface area contributed by atoms with E-state index in [0.29, 0.717) is 23.3 Å². The zero-order valence-electron chi connectivity index (χ0n) is 21.3. The molecule has 0 heterocycles. The lowest BCUT2D eigenvalue weighted by atomic mass is 9.98. The van der Waals surface area contributed by atoms with Gasteiger partial charge in [-0.25, -0.2) is 0 Å². The van der Waals surface area contributed by atoms with Gasteiger partial charge in [0.15, 0.2) is 0 Å². The van der Waals surface area contributed by atoms with Crippen LogP contribution in [0.15, 0.2) is 36.4 Å². The Morgan fingerprint density at radius 2 is 1.72 bits per heavy atom. The molecule has 0 aliphatic heterocycles. The summed E-state index contributed by atoms with van der Waals surface area (Å²) >= 11 is 0. The fraction of sp³-hybridized carbons (Fsp3) is 0.583. The van der Waals surface area contributed by atoms with Crippen molar-refractivity contribution in [2.45, 2.75) is 55.4 Å². The predicted molar refractivity (Wildman–Crippen MR) is 133 cm³/mol. The number of hydrazine groups is 1. The topological polar surface area (TPSA) is 129 Å². The lowest BCUT2D eigenvalue weighted by molar-refractivity contribution is -0.125. The second-order valence-corrected chi connectivity index (χ2v) is 7.11. The summed E-state index contributed by atoms with van der Waals surface area (Å²) in [6.45, 7) is 18.2. The van der Waals surface area contributed by atoms with Gasteiger partial charge in [0.05, 0.1) is 6.61 Å². The molecule has 0 saturated carbocycles. The Hall–Kier alpha value is -2.42. The summed E-state index contributed by atoms with van der Waals surface area (Å²) < 4.78 is 10.6. The van der Waals surface area contributed by atoms with Crippen molar-refractivity contribution in [2.24, 2.45) is 17.0 Å². The molecule has 0 unspecified atom stereocenters. The van der Waals surface area contributed by atoms with Crippen molar-refractivity contribution in [3.05, 3.63) is 42.0 Å². The minimum atomic E-state index is -0.505. The number of ether oxygens (including phenoxy) is 2. The molecule has 0 saturated heterocycles. The number of carbonyl (C=O) groups excluding carboxylic acids is 2. The first-order valence-electron chi connectivity index (χ1n) is 11.1. The van der Waals surface area contributed by atoms with Crippen molar-refractivity contribution < 1.29 is 19.1 Å². The van der Waals surface area contributed by atoms with Crippen LogP contribution in [-0.4, -0.2) is 44.7 Å². The van der Waals surface area contributed by atoms with Gasteiger partial charge in [-0.2, -0.15) is 0 Å². The summed E-state index contributed by atoms with van der Waals surface area (Å²) in [6.07, 6.45) is 3.70.